The van der Waals surface area contributed by atoms with Crippen LogP contribution in [0.3, 0.4) is 0 Å². The lowest BCUT2D eigenvalue weighted by atomic mass is 10.2. The standard InChI is InChI=1S/C22H21N5O/c1-16-12-17(25-24-16)13-19-9-10-20(28-19)14-26-15-27(18-6-3-2-4-7-18)22-21(26)8-5-11-23-22/h2-12H,13-15H2,1H3,(H,24,25). The third-order valence-electron chi connectivity index (χ3n) is 4.92. The van der Waals surface area contributed by atoms with E-state index >= 15 is 0 Å². The van der Waals surface area contributed by atoms with Crippen LogP contribution in [0.15, 0.2) is 71.3 Å². The molecule has 5 rings (SSSR count). The fourth-order valence-corrected chi connectivity index (χ4v) is 3.64. The number of rotatable bonds is 5. The van der Waals surface area contributed by atoms with Gasteiger partial charge in [0, 0.05) is 24.0 Å². The Bertz CT molecular complexity index is 1090. The number of fused-ring (bicyclic) bond motifs is 1. The molecule has 0 amide bonds. The van der Waals surface area contributed by atoms with Gasteiger partial charge in [-0.05, 0) is 49.4 Å². The van der Waals surface area contributed by atoms with Gasteiger partial charge in [-0.2, -0.15) is 5.10 Å². The average Bonchev–Trinajstić information content (AvgIpc) is 3.43. The number of aromatic nitrogens is 3. The molecule has 0 fully saturated rings. The molecular weight excluding hydrogens is 350 g/mol. The molecule has 1 aliphatic rings. The first-order valence-electron chi connectivity index (χ1n) is 9.37. The van der Waals surface area contributed by atoms with Gasteiger partial charge in [0.2, 0.25) is 0 Å². The largest absolute Gasteiger partial charge is 0.464 e. The fourth-order valence-electron chi connectivity index (χ4n) is 3.64. The second-order valence-corrected chi connectivity index (χ2v) is 7.04. The van der Waals surface area contributed by atoms with Crippen molar-refractivity contribution in [1.29, 1.82) is 0 Å². The van der Waals surface area contributed by atoms with E-state index in [1.54, 1.807) is 0 Å². The number of benzene rings is 1. The van der Waals surface area contributed by atoms with Gasteiger partial charge >= 0.3 is 0 Å². The van der Waals surface area contributed by atoms with Crippen molar-refractivity contribution in [2.45, 2.75) is 19.9 Å². The lowest BCUT2D eigenvalue weighted by Gasteiger charge is -2.20. The predicted molar refractivity (Wildman–Crippen MR) is 109 cm³/mol. The van der Waals surface area contributed by atoms with E-state index in [4.69, 9.17) is 4.42 Å². The number of aryl methyl sites for hydroxylation is 1. The Morgan fingerprint density at radius 1 is 1.04 bits per heavy atom. The van der Waals surface area contributed by atoms with Crippen LogP contribution < -0.4 is 9.80 Å². The number of anilines is 3. The van der Waals surface area contributed by atoms with E-state index in [1.165, 1.54) is 0 Å². The maximum atomic E-state index is 6.08. The number of hydrogen-bond acceptors (Lipinski definition) is 5. The Morgan fingerprint density at radius 2 is 1.89 bits per heavy atom. The van der Waals surface area contributed by atoms with Crippen molar-refractivity contribution in [3.05, 3.63) is 89.8 Å². The summed E-state index contributed by atoms with van der Waals surface area (Å²) in [5.74, 6) is 2.84. The lowest BCUT2D eigenvalue weighted by molar-refractivity contribution is 0.468. The molecule has 0 spiro atoms. The average molecular weight is 371 g/mol. The Hall–Kier alpha value is -3.54. The minimum atomic E-state index is 0.693. The maximum Gasteiger partial charge on any atom is 0.158 e. The van der Waals surface area contributed by atoms with Gasteiger partial charge in [0.15, 0.2) is 5.82 Å². The van der Waals surface area contributed by atoms with Crippen molar-refractivity contribution in [3.63, 3.8) is 0 Å². The highest BCUT2D eigenvalue weighted by Crippen LogP contribution is 2.39. The summed E-state index contributed by atoms with van der Waals surface area (Å²) in [4.78, 5) is 9.13. The second kappa shape index (κ2) is 6.88. The topological polar surface area (TPSA) is 61.2 Å². The first kappa shape index (κ1) is 16.6. The van der Waals surface area contributed by atoms with E-state index in [0.717, 1.165) is 46.8 Å². The van der Waals surface area contributed by atoms with Crippen molar-refractivity contribution >= 4 is 17.2 Å². The first-order chi connectivity index (χ1) is 13.8. The third kappa shape index (κ3) is 3.13. The number of hydrogen-bond donors (Lipinski definition) is 1. The molecule has 4 heterocycles. The van der Waals surface area contributed by atoms with Gasteiger partial charge in [-0.1, -0.05) is 18.2 Å². The molecule has 1 aromatic carbocycles. The second-order valence-electron chi connectivity index (χ2n) is 7.04. The summed E-state index contributed by atoms with van der Waals surface area (Å²) >= 11 is 0. The predicted octanol–water partition coefficient (Wildman–Crippen LogP) is 4.41. The molecule has 0 aliphatic carbocycles. The van der Waals surface area contributed by atoms with Gasteiger partial charge in [0.1, 0.15) is 11.5 Å². The highest BCUT2D eigenvalue weighted by Gasteiger charge is 2.28. The Balaban J connectivity index is 1.36. The van der Waals surface area contributed by atoms with Crippen LogP contribution in [0.2, 0.25) is 0 Å². The number of nitrogens with one attached hydrogen (secondary N) is 1. The Labute approximate surface area is 163 Å². The molecular formula is C22H21N5O. The number of para-hydroxylation sites is 1. The van der Waals surface area contributed by atoms with Crippen LogP contribution in [0.1, 0.15) is 22.9 Å². The molecule has 1 N–H and O–H groups in total. The van der Waals surface area contributed by atoms with Crippen molar-refractivity contribution in [1.82, 2.24) is 15.2 Å². The number of nitrogens with zero attached hydrogens (tertiary/aromatic N) is 4. The van der Waals surface area contributed by atoms with E-state index in [9.17, 15) is 0 Å². The molecule has 0 unspecified atom stereocenters. The highest BCUT2D eigenvalue weighted by molar-refractivity contribution is 5.78. The maximum absolute atomic E-state index is 6.08. The third-order valence-corrected chi connectivity index (χ3v) is 4.92. The zero-order chi connectivity index (χ0) is 18.9. The van der Waals surface area contributed by atoms with Gasteiger partial charge in [0.05, 0.1) is 24.6 Å². The summed E-state index contributed by atoms with van der Waals surface area (Å²) in [5, 5.41) is 7.26. The molecule has 4 aromatic rings. The molecule has 0 atom stereocenters. The molecule has 6 nitrogen and oxygen atoms in total. The molecule has 28 heavy (non-hydrogen) atoms. The number of aromatic amines is 1. The summed E-state index contributed by atoms with van der Waals surface area (Å²) in [6, 6.07) is 20.6. The molecule has 0 bridgehead atoms. The zero-order valence-corrected chi connectivity index (χ0v) is 15.7. The van der Waals surface area contributed by atoms with E-state index in [-0.39, 0.29) is 0 Å². The van der Waals surface area contributed by atoms with Gasteiger partial charge < -0.3 is 14.2 Å². The Morgan fingerprint density at radius 3 is 2.71 bits per heavy atom. The SMILES string of the molecule is Cc1cc(Cc2ccc(CN3CN(c4ccccc4)c4ncccc43)o2)n[nH]1. The summed E-state index contributed by atoms with van der Waals surface area (Å²) in [6.45, 7) is 3.44. The number of furan rings is 1. The van der Waals surface area contributed by atoms with Crippen LogP contribution in [-0.2, 0) is 13.0 Å². The van der Waals surface area contributed by atoms with E-state index < -0.39 is 0 Å². The molecule has 0 radical (unpaired) electrons. The monoisotopic (exact) mass is 371 g/mol. The van der Waals surface area contributed by atoms with Gasteiger partial charge in [0.25, 0.3) is 0 Å². The van der Waals surface area contributed by atoms with Crippen LogP contribution in [0, 0.1) is 6.92 Å². The van der Waals surface area contributed by atoms with Crippen molar-refractivity contribution in [3.8, 4) is 0 Å². The smallest absolute Gasteiger partial charge is 0.158 e. The van der Waals surface area contributed by atoms with Gasteiger partial charge in [-0.25, -0.2) is 4.98 Å². The minimum Gasteiger partial charge on any atom is -0.464 e. The molecule has 140 valence electrons. The Kier molecular flexibility index (Phi) is 4.09. The normalized spacial score (nSPS) is 13.2. The van der Waals surface area contributed by atoms with E-state index in [1.807, 2.05) is 37.4 Å². The number of H-pyrrole nitrogens is 1. The van der Waals surface area contributed by atoms with Crippen LogP contribution in [0.5, 0.6) is 0 Å². The summed E-state index contributed by atoms with van der Waals surface area (Å²) in [5.41, 5.74) is 4.31. The van der Waals surface area contributed by atoms with E-state index in [0.29, 0.717) is 13.0 Å². The number of pyridine rings is 1. The lowest BCUT2D eigenvalue weighted by Crippen LogP contribution is -2.27. The molecule has 0 saturated carbocycles. The molecule has 6 heteroatoms. The van der Waals surface area contributed by atoms with Crippen LogP contribution >= 0.6 is 0 Å². The quantitative estimate of drug-likeness (QED) is 0.563. The minimum absolute atomic E-state index is 0.693. The van der Waals surface area contributed by atoms with Crippen molar-refractivity contribution in [2.75, 3.05) is 16.5 Å². The van der Waals surface area contributed by atoms with E-state index in [2.05, 4.69) is 61.4 Å². The zero-order valence-electron chi connectivity index (χ0n) is 15.7. The van der Waals surface area contributed by atoms with Crippen molar-refractivity contribution < 1.29 is 4.42 Å². The van der Waals surface area contributed by atoms with Crippen molar-refractivity contribution in [2.24, 2.45) is 0 Å². The van der Waals surface area contributed by atoms with Gasteiger partial charge in [-0.15, -0.1) is 0 Å². The van der Waals surface area contributed by atoms with Gasteiger partial charge in [-0.3, -0.25) is 5.10 Å². The fraction of sp³-hybridized carbons (Fsp3) is 0.182. The molecule has 1 aliphatic heterocycles. The first-order valence-corrected chi connectivity index (χ1v) is 9.37. The highest BCUT2D eigenvalue weighted by atomic mass is 16.3. The molecule has 0 saturated heterocycles. The summed E-state index contributed by atoms with van der Waals surface area (Å²) in [6.07, 6.45) is 2.54. The summed E-state index contributed by atoms with van der Waals surface area (Å²) < 4.78 is 6.08. The van der Waals surface area contributed by atoms with Crippen LogP contribution in [0.4, 0.5) is 17.2 Å². The van der Waals surface area contributed by atoms with Crippen LogP contribution in [-0.4, -0.2) is 21.9 Å². The summed E-state index contributed by atoms with van der Waals surface area (Å²) in [7, 11) is 0. The van der Waals surface area contributed by atoms with Crippen LogP contribution in [0.25, 0.3) is 0 Å². The molecule has 3 aromatic heterocycles.